The predicted octanol–water partition coefficient (Wildman–Crippen LogP) is 6.15. The molecule has 2 aromatic carbocycles. The number of halogens is 2. The molecule has 0 saturated carbocycles. The maximum absolute atomic E-state index is 13.4. The van der Waals surface area contributed by atoms with Crippen LogP contribution in [-0.4, -0.2) is 32.6 Å². The van der Waals surface area contributed by atoms with Gasteiger partial charge in [0.25, 0.3) is 0 Å². The lowest BCUT2D eigenvalue weighted by Gasteiger charge is -2.38. The first-order valence-corrected chi connectivity index (χ1v) is 9.97. The summed E-state index contributed by atoms with van der Waals surface area (Å²) in [7, 11) is 0. The van der Waals surface area contributed by atoms with Crippen molar-refractivity contribution in [2.45, 2.75) is 32.7 Å². The Morgan fingerprint density at radius 2 is 1.68 bits per heavy atom. The van der Waals surface area contributed by atoms with Crippen molar-refractivity contribution in [2.24, 2.45) is 0 Å². The summed E-state index contributed by atoms with van der Waals surface area (Å²) in [6.45, 7) is 6.78. The molecule has 0 N–H and O–H groups in total. The summed E-state index contributed by atoms with van der Waals surface area (Å²) in [6, 6.07) is 15.0. The van der Waals surface area contributed by atoms with Crippen molar-refractivity contribution in [1.82, 2.24) is 14.5 Å². The number of aromatic nitrogens is 2. The van der Waals surface area contributed by atoms with Gasteiger partial charge < -0.3 is 4.90 Å². The number of carbonyl (C=O) groups is 1. The van der Waals surface area contributed by atoms with Crippen LogP contribution in [0.1, 0.15) is 26.6 Å². The summed E-state index contributed by atoms with van der Waals surface area (Å²) in [5.41, 5.74) is 2.87. The topological polar surface area (TPSA) is 38.1 Å². The minimum Gasteiger partial charge on any atom is -0.319 e. The van der Waals surface area contributed by atoms with E-state index in [9.17, 15) is 4.79 Å². The number of imidazole rings is 1. The average molecular weight is 414 g/mol. The quantitative estimate of drug-likeness (QED) is 0.505. The van der Waals surface area contributed by atoms with E-state index in [1.807, 2.05) is 74.2 Å². The number of hydrogen-bond acceptors (Lipinski definition) is 2. The first-order valence-electron chi connectivity index (χ1n) is 9.22. The molecule has 1 aromatic heterocycles. The van der Waals surface area contributed by atoms with Crippen LogP contribution in [0.5, 0.6) is 0 Å². The lowest BCUT2D eigenvalue weighted by molar-refractivity contribution is 0.138. The molecule has 0 bridgehead atoms. The molecule has 1 aliphatic rings. The molecule has 0 saturated heterocycles. The van der Waals surface area contributed by atoms with Crippen molar-refractivity contribution in [3.63, 3.8) is 0 Å². The molecule has 3 aromatic rings. The Labute approximate surface area is 174 Å². The molecule has 28 heavy (non-hydrogen) atoms. The molecule has 0 spiro atoms. The third-order valence-electron chi connectivity index (χ3n) is 4.98. The Hall–Kier alpha value is -2.30. The van der Waals surface area contributed by atoms with Gasteiger partial charge in [-0.15, -0.1) is 0 Å². The first-order chi connectivity index (χ1) is 13.3. The molecule has 2 heterocycles. The van der Waals surface area contributed by atoms with Crippen LogP contribution in [0.3, 0.4) is 0 Å². The van der Waals surface area contributed by atoms with Gasteiger partial charge in [-0.25, -0.2) is 14.3 Å². The minimum absolute atomic E-state index is 0.0653. The Balaban J connectivity index is 1.99. The standard InChI is InChI=1S/C22H21Cl2N3O/c1-22(2,3)26-13-12-18-25-19(16-6-4-5-7-17(16)24)20(27(18)21(26)28)14-8-10-15(23)11-9-14/h4-11H,12-13H2,1-3H3. The minimum atomic E-state index is -0.277. The summed E-state index contributed by atoms with van der Waals surface area (Å²) in [4.78, 5) is 20.2. The second kappa shape index (κ2) is 6.94. The molecule has 4 nitrogen and oxygen atoms in total. The van der Waals surface area contributed by atoms with Gasteiger partial charge in [0.2, 0.25) is 0 Å². The SMILES string of the molecule is CC(C)(C)N1CCc2nc(-c3ccccc3Cl)c(-c3ccc(Cl)cc3)n2C1=O. The van der Waals surface area contributed by atoms with Crippen molar-refractivity contribution < 1.29 is 4.79 Å². The molecule has 1 aliphatic heterocycles. The number of hydrogen-bond donors (Lipinski definition) is 0. The molecule has 0 atom stereocenters. The van der Waals surface area contributed by atoms with E-state index in [0.717, 1.165) is 22.6 Å². The highest BCUT2D eigenvalue weighted by molar-refractivity contribution is 6.33. The van der Waals surface area contributed by atoms with Crippen LogP contribution in [0.15, 0.2) is 48.5 Å². The van der Waals surface area contributed by atoms with Crippen molar-refractivity contribution in [3.05, 3.63) is 64.4 Å². The van der Waals surface area contributed by atoms with Crippen molar-refractivity contribution in [3.8, 4) is 22.5 Å². The van der Waals surface area contributed by atoms with Crippen molar-refractivity contribution >= 4 is 29.2 Å². The zero-order valence-electron chi connectivity index (χ0n) is 16.0. The van der Waals surface area contributed by atoms with E-state index in [0.29, 0.717) is 28.7 Å². The van der Waals surface area contributed by atoms with Gasteiger partial charge in [0.05, 0.1) is 16.4 Å². The predicted molar refractivity (Wildman–Crippen MR) is 114 cm³/mol. The van der Waals surface area contributed by atoms with Gasteiger partial charge in [0, 0.05) is 34.7 Å². The van der Waals surface area contributed by atoms with Gasteiger partial charge >= 0.3 is 6.03 Å². The summed E-state index contributed by atoms with van der Waals surface area (Å²) >= 11 is 12.6. The Kier molecular flexibility index (Phi) is 4.72. The molecule has 4 rings (SSSR count). The van der Waals surface area contributed by atoms with Crippen LogP contribution >= 0.6 is 23.2 Å². The number of rotatable bonds is 2. The second-order valence-corrected chi connectivity index (χ2v) is 8.75. The van der Waals surface area contributed by atoms with E-state index < -0.39 is 0 Å². The fraction of sp³-hybridized carbons (Fsp3) is 0.273. The zero-order valence-corrected chi connectivity index (χ0v) is 17.6. The van der Waals surface area contributed by atoms with Gasteiger partial charge in [-0.1, -0.05) is 53.5 Å². The highest BCUT2D eigenvalue weighted by atomic mass is 35.5. The molecular formula is C22H21Cl2N3O. The van der Waals surface area contributed by atoms with E-state index >= 15 is 0 Å². The van der Waals surface area contributed by atoms with Crippen LogP contribution in [0.25, 0.3) is 22.5 Å². The summed E-state index contributed by atoms with van der Waals surface area (Å²) in [5, 5.41) is 1.25. The van der Waals surface area contributed by atoms with E-state index in [-0.39, 0.29) is 11.6 Å². The number of amides is 1. The molecule has 0 radical (unpaired) electrons. The highest BCUT2D eigenvalue weighted by Gasteiger charge is 2.36. The van der Waals surface area contributed by atoms with Gasteiger partial charge in [0.1, 0.15) is 5.82 Å². The number of carbonyl (C=O) groups excluding carboxylic acids is 1. The van der Waals surface area contributed by atoms with E-state index in [2.05, 4.69) is 0 Å². The van der Waals surface area contributed by atoms with Crippen LogP contribution < -0.4 is 0 Å². The Bertz CT molecular complexity index is 1050. The van der Waals surface area contributed by atoms with E-state index in [4.69, 9.17) is 28.2 Å². The van der Waals surface area contributed by atoms with Crippen molar-refractivity contribution in [2.75, 3.05) is 6.54 Å². The Morgan fingerprint density at radius 1 is 1.00 bits per heavy atom. The summed E-state index contributed by atoms with van der Waals surface area (Å²) in [5.74, 6) is 0.755. The lowest BCUT2D eigenvalue weighted by atomic mass is 10.0. The number of benzene rings is 2. The number of fused-ring (bicyclic) bond motifs is 1. The van der Waals surface area contributed by atoms with E-state index in [1.165, 1.54) is 0 Å². The third kappa shape index (κ3) is 3.21. The van der Waals surface area contributed by atoms with Crippen molar-refractivity contribution in [1.29, 1.82) is 0 Å². The average Bonchev–Trinajstić information content (AvgIpc) is 3.02. The molecule has 0 fully saturated rings. The largest absolute Gasteiger partial charge is 0.330 e. The Morgan fingerprint density at radius 3 is 2.32 bits per heavy atom. The number of nitrogens with zero attached hydrogens (tertiary/aromatic N) is 3. The first kappa shape index (κ1) is 19.0. The fourth-order valence-electron chi connectivity index (χ4n) is 3.61. The second-order valence-electron chi connectivity index (χ2n) is 7.90. The highest BCUT2D eigenvalue weighted by Crippen LogP contribution is 2.38. The lowest BCUT2D eigenvalue weighted by Crippen LogP contribution is -2.51. The maximum Gasteiger partial charge on any atom is 0.330 e. The summed E-state index contributed by atoms with van der Waals surface area (Å²) in [6.07, 6.45) is 0.689. The van der Waals surface area contributed by atoms with Gasteiger partial charge in [-0.05, 0) is 39.0 Å². The molecule has 144 valence electrons. The molecule has 0 unspecified atom stereocenters. The molecule has 6 heteroatoms. The monoisotopic (exact) mass is 413 g/mol. The van der Waals surface area contributed by atoms with Gasteiger partial charge in [-0.2, -0.15) is 0 Å². The zero-order chi connectivity index (χ0) is 20.1. The van der Waals surface area contributed by atoms with Crippen LogP contribution in [0, 0.1) is 0 Å². The normalized spacial score (nSPS) is 14.3. The fourth-order valence-corrected chi connectivity index (χ4v) is 3.96. The van der Waals surface area contributed by atoms with Gasteiger partial charge in [0.15, 0.2) is 0 Å². The van der Waals surface area contributed by atoms with Crippen LogP contribution in [-0.2, 0) is 6.42 Å². The molecular weight excluding hydrogens is 393 g/mol. The van der Waals surface area contributed by atoms with Crippen LogP contribution in [0.4, 0.5) is 4.79 Å². The maximum atomic E-state index is 13.4. The summed E-state index contributed by atoms with van der Waals surface area (Å²) < 4.78 is 1.73. The molecule has 0 aliphatic carbocycles. The molecule has 1 amide bonds. The van der Waals surface area contributed by atoms with E-state index in [1.54, 1.807) is 4.57 Å². The third-order valence-corrected chi connectivity index (χ3v) is 5.57. The van der Waals surface area contributed by atoms with Gasteiger partial charge in [-0.3, -0.25) is 0 Å². The smallest absolute Gasteiger partial charge is 0.319 e. The van der Waals surface area contributed by atoms with Crippen LogP contribution in [0.2, 0.25) is 10.0 Å².